The smallest absolute Gasteiger partial charge is 0.133 e. The normalized spacial score (nSPS) is 29.6. The number of hydrogen-bond acceptors (Lipinski definition) is 2. The van der Waals surface area contributed by atoms with E-state index >= 15 is 0 Å². The SMILES string of the molecule is COc1ccc(CC2(CBr)CCOC2C2CC2)cc1Br. The second-order valence-corrected chi connectivity index (χ2v) is 7.44. The zero-order valence-corrected chi connectivity index (χ0v) is 14.9. The summed E-state index contributed by atoms with van der Waals surface area (Å²) in [5, 5.41) is 1.02. The lowest BCUT2D eigenvalue weighted by molar-refractivity contribution is 0.0413. The Bertz CT molecular complexity index is 487. The van der Waals surface area contributed by atoms with Crippen LogP contribution in [0.1, 0.15) is 24.8 Å². The maximum atomic E-state index is 6.06. The minimum Gasteiger partial charge on any atom is -0.496 e. The molecule has 1 saturated heterocycles. The standard InChI is InChI=1S/C16H20Br2O2/c1-19-14-5-2-11(8-13(14)18)9-16(10-17)6-7-20-15(16)12-3-4-12/h2,5,8,12,15H,3-4,6-7,9-10H2,1H3. The molecule has 1 aromatic carbocycles. The van der Waals surface area contributed by atoms with Crippen LogP contribution in [0.2, 0.25) is 0 Å². The van der Waals surface area contributed by atoms with E-state index in [1.54, 1.807) is 7.11 Å². The van der Waals surface area contributed by atoms with Gasteiger partial charge >= 0.3 is 0 Å². The molecule has 0 aromatic heterocycles. The maximum Gasteiger partial charge on any atom is 0.133 e. The van der Waals surface area contributed by atoms with Crippen molar-refractivity contribution in [2.45, 2.75) is 31.8 Å². The van der Waals surface area contributed by atoms with Crippen LogP contribution in [-0.4, -0.2) is 25.2 Å². The Kier molecular flexibility index (Phi) is 4.44. The Morgan fingerprint density at radius 3 is 2.80 bits per heavy atom. The van der Waals surface area contributed by atoms with Crippen LogP contribution in [0.5, 0.6) is 5.75 Å². The third-order valence-corrected chi connectivity index (χ3v) is 6.33. The van der Waals surface area contributed by atoms with Crippen molar-refractivity contribution in [2.75, 3.05) is 19.0 Å². The molecule has 0 radical (unpaired) electrons. The molecule has 2 aliphatic rings. The molecular weight excluding hydrogens is 384 g/mol. The van der Waals surface area contributed by atoms with Gasteiger partial charge < -0.3 is 9.47 Å². The molecule has 2 unspecified atom stereocenters. The van der Waals surface area contributed by atoms with Gasteiger partial charge in [-0.1, -0.05) is 22.0 Å². The second-order valence-electron chi connectivity index (χ2n) is 6.02. The van der Waals surface area contributed by atoms with Crippen LogP contribution in [0.25, 0.3) is 0 Å². The van der Waals surface area contributed by atoms with E-state index in [0.717, 1.165) is 40.9 Å². The first-order chi connectivity index (χ1) is 9.68. The Morgan fingerprint density at radius 2 is 2.20 bits per heavy atom. The van der Waals surface area contributed by atoms with E-state index in [9.17, 15) is 0 Å². The molecule has 0 N–H and O–H groups in total. The average molecular weight is 404 g/mol. The van der Waals surface area contributed by atoms with Crippen LogP contribution in [0.3, 0.4) is 0 Å². The van der Waals surface area contributed by atoms with Gasteiger partial charge in [-0.05, 0) is 65.2 Å². The quantitative estimate of drug-likeness (QED) is 0.670. The molecule has 0 bridgehead atoms. The Labute approximate surface area is 137 Å². The van der Waals surface area contributed by atoms with Gasteiger partial charge in [-0.3, -0.25) is 0 Å². The Morgan fingerprint density at radius 1 is 1.40 bits per heavy atom. The van der Waals surface area contributed by atoms with Gasteiger partial charge in [0.15, 0.2) is 0 Å². The number of alkyl halides is 1. The van der Waals surface area contributed by atoms with E-state index in [1.807, 2.05) is 6.07 Å². The molecule has 1 aromatic rings. The number of halogens is 2. The van der Waals surface area contributed by atoms with Crippen molar-refractivity contribution in [3.63, 3.8) is 0 Å². The summed E-state index contributed by atoms with van der Waals surface area (Å²) in [6.07, 6.45) is 5.34. The monoisotopic (exact) mass is 402 g/mol. The summed E-state index contributed by atoms with van der Waals surface area (Å²) in [7, 11) is 1.70. The van der Waals surface area contributed by atoms with Crippen LogP contribution in [0.15, 0.2) is 22.7 Å². The largest absolute Gasteiger partial charge is 0.496 e. The third-order valence-electron chi connectivity index (χ3n) is 4.59. The molecule has 1 saturated carbocycles. The molecule has 2 fully saturated rings. The predicted molar refractivity (Wildman–Crippen MR) is 87.7 cm³/mol. The topological polar surface area (TPSA) is 18.5 Å². The van der Waals surface area contributed by atoms with Crippen LogP contribution < -0.4 is 4.74 Å². The summed E-state index contributed by atoms with van der Waals surface area (Å²) in [4.78, 5) is 0. The average Bonchev–Trinajstić information content (AvgIpc) is 3.21. The van der Waals surface area contributed by atoms with E-state index in [-0.39, 0.29) is 5.41 Å². The molecule has 20 heavy (non-hydrogen) atoms. The lowest BCUT2D eigenvalue weighted by Gasteiger charge is -2.33. The highest BCUT2D eigenvalue weighted by atomic mass is 79.9. The fourth-order valence-corrected chi connectivity index (χ4v) is 4.73. The summed E-state index contributed by atoms with van der Waals surface area (Å²) in [6, 6.07) is 6.41. The second kappa shape index (κ2) is 5.98. The highest BCUT2D eigenvalue weighted by Gasteiger charge is 2.50. The maximum absolute atomic E-state index is 6.06. The zero-order chi connectivity index (χ0) is 14.2. The first-order valence-electron chi connectivity index (χ1n) is 7.18. The van der Waals surface area contributed by atoms with E-state index < -0.39 is 0 Å². The summed E-state index contributed by atoms with van der Waals surface area (Å²) in [5.41, 5.74) is 1.61. The lowest BCUT2D eigenvalue weighted by Crippen LogP contribution is -2.36. The Balaban J connectivity index is 1.82. The van der Waals surface area contributed by atoms with E-state index in [0.29, 0.717) is 6.10 Å². The van der Waals surface area contributed by atoms with Gasteiger partial charge in [0.1, 0.15) is 5.75 Å². The van der Waals surface area contributed by atoms with Crippen molar-refractivity contribution in [3.05, 3.63) is 28.2 Å². The number of methoxy groups -OCH3 is 1. The fourth-order valence-electron chi connectivity index (χ4n) is 3.35. The van der Waals surface area contributed by atoms with Gasteiger partial charge in [0.05, 0.1) is 17.7 Å². The van der Waals surface area contributed by atoms with Crippen molar-refractivity contribution in [1.29, 1.82) is 0 Å². The number of hydrogen-bond donors (Lipinski definition) is 0. The van der Waals surface area contributed by atoms with Gasteiger partial charge in [0.25, 0.3) is 0 Å². The van der Waals surface area contributed by atoms with Crippen molar-refractivity contribution in [3.8, 4) is 5.75 Å². The molecule has 2 nitrogen and oxygen atoms in total. The van der Waals surface area contributed by atoms with Crippen LogP contribution in [-0.2, 0) is 11.2 Å². The summed E-state index contributed by atoms with van der Waals surface area (Å²) in [5.74, 6) is 1.68. The first kappa shape index (κ1) is 14.9. The first-order valence-corrected chi connectivity index (χ1v) is 9.10. The molecule has 2 atom stereocenters. The van der Waals surface area contributed by atoms with Crippen molar-refractivity contribution >= 4 is 31.9 Å². The molecule has 3 rings (SSSR count). The van der Waals surface area contributed by atoms with Crippen molar-refractivity contribution < 1.29 is 9.47 Å². The molecule has 110 valence electrons. The van der Waals surface area contributed by atoms with Gasteiger partial charge in [0.2, 0.25) is 0 Å². The van der Waals surface area contributed by atoms with Crippen LogP contribution >= 0.6 is 31.9 Å². The Hall–Kier alpha value is -0.0600. The molecule has 4 heteroatoms. The number of ether oxygens (including phenoxy) is 2. The molecule has 0 spiro atoms. The molecule has 1 aliphatic carbocycles. The molecular formula is C16H20Br2O2. The molecule has 1 heterocycles. The van der Waals surface area contributed by atoms with Gasteiger partial charge in [-0.15, -0.1) is 0 Å². The fraction of sp³-hybridized carbons (Fsp3) is 0.625. The highest BCUT2D eigenvalue weighted by molar-refractivity contribution is 9.10. The van der Waals surface area contributed by atoms with E-state index in [1.165, 1.54) is 18.4 Å². The van der Waals surface area contributed by atoms with Gasteiger partial charge in [-0.2, -0.15) is 0 Å². The lowest BCUT2D eigenvalue weighted by atomic mass is 9.76. The van der Waals surface area contributed by atoms with E-state index in [2.05, 4.69) is 44.0 Å². The van der Waals surface area contributed by atoms with Crippen molar-refractivity contribution in [1.82, 2.24) is 0 Å². The summed E-state index contributed by atoms with van der Waals surface area (Å²) < 4.78 is 12.4. The van der Waals surface area contributed by atoms with Crippen molar-refractivity contribution in [2.24, 2.45) is 11.3 Å². The van der Waals surface area contributed by atoms with Crippen LogP contribution in [0, 0.1) is 11.3 Å². The third kappa shape index (κ3) is 2.79. The summed E-state index contributed by atoms with van der Waals surface area (Å²) >= 11 is 7.34. The van der Waals surface area contributed by atoms with Crippen LogP contribution in [0.4, 0.5) is 0 Å². The van der Waals surface area contributed by atoms with Gasteiger partial charge in [0, 0.05) is 17.4 Å². The highest BCUT2D eigenvalue weighted by Crippen LogP contribution is 2.50. The van der Waals surface area contributed by atoms with Gasteiger partial charge in [-0.25, -0.2) is 0 Å². The zero-order valence-electron chi connectivity index (χ0n) is 11.7. The number of benzene rings is 1. The minimum absolute atomic E-state index is 0.259. The molecule has 0 amide bonds. The van der Waals surface area contributed by atoms with E-state index in [4.69, 9.17) is 9.47 Å². The molecule has 1 aliphatic heterocycles. The predicted octanol–water partition coefficient (Wildman–Crippen LogP) is 4.58. The minimum atomic E-state index is 0.259. The summed E-state index contributed by atoms with van der Waals surface area (Å²) in [6.45, 7) is 0.907. The number of rotatable bonds is 5.